The Morgan fingerprint density at radius 1 is 1.20 bits per heavy atom. The fourth-order valence-electron chi connectivity index (χ4n) is 3.10. The Morgan fingerprint density at radius 2 is 1.93 bits per heavy atom. The summed E-state index contributed by atoms with van der Waals surface area (Å²) in [6.07, 6.45) is 0.232. The molecule has 0 spiro atoms. The first kappa shape index (κ1) is 21.4. The topological polar surface area (TPSA) is 84.0 Å². The molecule has 8 heteroatoms. The van der Waals surface area contributed by atoms with Crippen LogP contribution >= 0.6 is 11.8 Å². The van der Waals surface area contributed by atoms with E-state index in [0.717, 1.165) is 17.0 Å². The maximum Gasteiger partial charge on any atom is 0.237 e. The standard InChI is InChI=1S/C22H23N5O2S/c1-16-9-4-5-10-17(16)21-24-25-22(26(21)2)30-15-20(28)27(14-8-13-23)18-11-6-7-12-19(18)29-3/h4-7,9-12H,8,14-15H2,1-3H3. The number of hydrogen-bond donors (Lipinski definition) is 0. The Hall–Kier alpha value is -3.31. The number of hydrogen-bond acceptors (Lipinski definition) is 6. The van der Waals surface area contributed by atoms with E-state index in [2.05, 4.69) is 16.3 Å². The van der Waals surface area contributed by atoms with E-state index in [0.29, 0.717) is 23.1 Å². The van der Waals surface area contributed by atoms with Crippen molar-refractivity contribution in [2.24, 2.45) is 7.05 Å². The number of carbonyl (C=O) groups excluding carboxylic acids is 1. The molecule has 0 aliphatic rings. The van der Waals surface area contributed by atoms with Gasteiger partial charge >= 0.3 is 0 Å². The third-order valence-electron chi connectivity index (χ3n) is 4.67. The number of para-hydroxylation sites is 2. The van der Waals surface area contributed by atoms with Crippen LogP contribution in [0.5, 0.6) is 5.75 Å². The Labute approximate surface area is 180 Å². The van der Waals surface area contributed by atoms with Crippen LogP contribution in [0.1, 0.15) is 12.0 Å². The number of aromatic nitrogens is 3. The summed E-state index contributed by atoms with van der Waals surface area (Å²) >= 11 is 1.32. The number of carbonyl (C=O) groups is 1. The summed E-state index contributed by atoms with van der Waals surface area (Å²) < 4.78 is 7.28. The highest BCUT2D eigenvalue weighted by atomic mass is 32.2. The normalized spacial score (nSPS) is 10.5. The van der Waals surface area contributed by atoms with Crippen molar-refractivity contribution in [3.63, 3.8) is 0 Å². The predicted molar refractivity (Wildman–Crippen MR) is 117 cm³/mol. The molecule has 0 saturated carbocycles. The fourth-order valence-corrected chi connectivity index (χ4v) is 3.88. The van der Waals surface area contributed by atoms with E-state index in [9.17, 15) is 4.79 Å². The van der Waals surface area contributed by atoms with Gasteiger partial charge in [0.2, 0.25) is 5.91 Å². The second-order valence-corrected chi connectivity index (χ2v) is 7.54. The number of amides is 1. The zero-order valence-electron chi connectivity index (χ0n) is 17.2. The first-order valence-electron chi connectivity index (χ1n) is 9.45. The molecule has 0 N–H and O–H groups in total. The van der Waals surface area contributed by atoms with Crippen molar-refractivity contribution in [3.8, 4) is 23.2 Å². The van der Waals surface area contributed by atoms with E-state index in [1.165, 1.54) is 11.8 Å². The number of anilines is 1. The Bertz CT molecular complexity index is 1070. The molecule has 3 aromatic rings. The molecule has 0 saturated heterocycles. The van der Waals surface area contributed by atoms with Crippen LogP contribution in [0.25, 0.3) is 11.4 Å². The van der Waals surface area contributed by atoms with Crippen LogP contribution in [0.4, 0.5) is 5.69 Å². The Morgan fingerprint density at radius 3 is 2.67 bits per heavy atom. The van der Waals surface area contributed by atoms with Crippen LogP contribution in [-0.4, -0.2) is 40.1 Å². The second-order valence-electron chi connectivity index (χ2n) is 6.59. The Kier molecular flexibility index (Phi) is 7.09. The van der Waals surface area contributed by atoms with Crippen molar-refractivity contribution < 1.29 is 9.53 Å². The molecule has 0 aliphatic heterocycles. The van der Waals surface area contributed by atoms with E-state index in [1.807, 2.05) is 61.0 Å². The van der Waals surface area contributed by atoms with Crippen molar-refractivity contribution in [1.82, 2.24) is 14.8 Å². The van der Waals surface area contributed by atoms with E-state index in [1.54, 1.807) is 18.1 Å². The lowest BCUT2D eigenvalue weighted by molar-refractivity contribution is -0.116. The molecule has 0 aliphatic carbocycles. The molecule has 0 radical (unpaired) electrons. The lowest BCUT2D eigenvalue weighted by Gasteiger charge is -2.23. The van der Waals surface area contributed by atoms with Crippen LogP contribution in [0.15, 0.2) is 53.7 Å². The van der Waals surface area contributed by atoms with Crippen molar-refractivity contribution in [2.45, 2.75) is 18.5 Å². The van der Waals surface area contributed by atoms with Gasteiger partial charge in [-0.05, 0) is 24.6 Å². The van der Waals surface area contributed by atoms with Crippen LogP contribution in [-0.2, 0) is 11.8 Å². The van der Waals surface area contributed by atoms with E-state index in [4.69, 9.17) is 10.00 Å². The van der Waals surface area contributed by atoms with E-state index in [-0.39, 0.29) is 18.1 Å². The first-order chi connectivity index (χ1) is 14.6. The molecular weight excluding hydrogens is 398 g/mol. The minimum atomic E-state index is -0.125. The molecule has 154 valence electrons. The van der Waals surface area contributed by atoms with Gasteiger partial charge in [-0.3, -0.25) is 4.79 Å². The summed E-state index contributed by atoms with van der Waals surface area (Å²) in [5.74, 6) is 1.40. The third kappa shape index (κ3) is 4.63. The number of thioether (sulfide) groups is 1. The quantitative estimate of drug-likeness (QED) is 0.514. The third-order valence-corrected chi connectivity index (χ3v) is 5.67. The number of nitrogens with zero attached hydrogens (tertiary/aromatic N) is 5. The van der Waals surface area contributed by atoms with Gasteiger partial charge in [0.1, 0.15) is 5.75 Å². The number of benzene rings is 2. The van der Waals surface area contributed by atoms with E-state index >= 15 is 0 Å². The summed E-state index contributed by atoms with van der Waals surface area (Å²) in [7, 11) is 3.45. The maximum atomic E-state index is 13.0. The summed E-state index contributed by atoms with van der Waals surface area (Å²) in [5.41, 5.74) is 2.77. The van der Waals surface area contributed by atoms with Gasteiger partial charge < -0.3 is 14.2 Å². The molecule has 3 rings (SSSR count). The minimum Gasteiger partial charge on any atom is -0.495 e. The molecular formula is C22H23N5O2S. The molecule has 0 unspecified atom stereocenters. The summed E-state index contributed by atoms with van der Waals surface area (Å²) in [5, 5.41) is 18.2. The van der Waals surface area contributed by atoms with Gasteiger partial charge in [-0.2, -0.15) is 5.26 Å². The summed E-state index contributed by atoms with van der Waals surface area (Å²) in [6, 6.07) is 17.4. The van der Waals surface area contributed by atoms with Crippen molar-refractivity contribution >= 4 is 23.4 Å². The minimum absolute atomic E-state index is 0.125. The number of ether oxygens (including phenoxy) is 1. The molecule has 1 heterocycles. The van der Waals surface area contributed by atoms with Crippen LogP contribution < -0.4 is 9.64 Å². The van der Waals surface area contributed by atoms with Crippen molar-refractivity contribution in [3.05, 3.63) is 54.1 Å². The van der Waals surface area contributed by atoms with Crippen LogP contribution in [0, 0.1) is 18.3 Å². The molecule has 2 aromatic carbocycles. The predicted octanol–water partition coefficient (Wildman–Crippen LogP) is 3.84. The second kappa shape index (κ2) is 9.94. The molecule has 1 amide bonds. The highest BCUT2D eigenvalue weighted by Gasteiger charge is 2.21. The van der Waals surface area contributed by atoms with Gasteiger partial charge in [-0.1, -0.05) is 48.2 Å². The maximum absolute atomic E-state index is 13.0. The average molecular weight is 422 g/mol. The fraction of sp³-hybridized carbons (Fsp3) is 0.273. The van der Waals surface area contributed by atoms with Gasteiger partial charge in [0, 0.05) is 19.2 Å². The first-order valence-corrected chi connectivity index (χ1v) is 10.4. The number of rotatable bonds is 8. The highest BCUT2D eigenvalue weighted by Crippen LogP contribution is 2.30. The molecule has 0 bridgehead atoms. The number of nitriles is 1. The lowest BCUT2D eigenvalue weighted by Crippen LogP contribution is -2.33. The molecule has 1 aromatic heterocycles. The number of methoxy groups -OCH3 is 1. The molecule has 0 atom stereocenters. The largest absolute Gasteiger partial charge is 0.495 e. The molecule has 7 nitrogen and oxygen atoms in total. The smallest absolute Gasteiger partial charge is 0.237 e. The molecule has 30 heavy (non-hydrogen) atoms. The summed E-state index contributed by atoms with van der Waals surface area (Å²) in [4.78, 5) is 14.6. The van der Waals surface area contributed by atoms with Crippen molar-refractivity contribution in [2.75, 3.05) is 24.3 Å². The van der Waals surface area contributed by atoms with Crippen LogP contribution in [0.3, 0.4) is 0 Å². The SMILES string of the molecule is COc1ccccc1N(CCC#N)C(=O)CSc1nnc(-c2ccccc2C)n1C. The molecule has 0 fully saturated rings. The number of aryl methyl sites for hydroxylation is 1. The van der Waals surface area contributed by atoms with Gasteiger partial charge in [-0.25, -0.2) is 0 Å². The monoisotopic (exact) mass is 421 g/mol. The highest BCUT2D eigenvalue weighted by molar-refractivity contribution is 7.99. The lowest BCUT2D eigenvalue weighted by atomic mass is 10.1. The van der Waals surface area contributed by atoms with Gasteiger partial charge in [-0.15, -0.1) is 10.2 Å². The zero-order valence-corrected chi connectivity index (χ0v) is 18.0. The van der Waals surface area contributed by atoms with Crippen LogP contribution in [0.2, 0.25) is 0 Å². The van der Waals surface area contributed by atoms with Crippen molar-refractivity contribution in [1.29, 1.82) is 5.26 Å². The Balaban J connectivity index is 1.78. The van der Waals surface area contributed by atoms with Gasteiger partial charge in [0.05, 0.1) is 31.0 Å². The average Bonchev–Trinajstić information content (AvgIpc) is 3.13. The van der Waals surface area contributed by atoms with Gasteiger partial charge in [0.15, 0.2) is 11.0 Å². The zero-order chi connectivity index (χ0) is 21.5. The summed E-state index contributed by atoms with van der Waals surface area (Å²) in [6.45, 7) is 2.32. The van der Waals surface area contributed by atoms with Gasteiger partial charge in [0.25, 0.3) is 0 Å². The van der Waals surface area contributed by atoms with E-state index < -0.39 is 0 Å².